The molecule has 1 aliphatic heterocycles. The molecule has 0 bridgehead atoms. The van der Waals surface area contributed by atoms with Crippen LogP contribution in [0.1, 0.15) is 40.4 Å². The van der Waals surface area contributed by atoms with E-state index in [-0.39, 0.29) is 23.1 Å². The number of esters is 1. The second-order valence-electron chi connectivity index (χ2n) is 7.94. The van der Waals surface area contributed by atoms with Crippen molar-refractivity contribution in [3.63, 3.8) is 0 Å². The topological polar surface area (TPSA) is 97.0 Å². The van der Waals surface area contributed by atoms with Crippen molar-refractivity contribution >= 4 is 29.1 Å². The van der Waals surface area contributed by atoms with Crippen molar-refractivity contribution in [2.45, 2.75) is 40.2 Å². The van der Waals surface area contributed by atoms with E-state index in [1.165, 1.54) is 0 Å². The molecule has 2 N–H and O–H groups in total. The number of H-pyrrole nitrogens is 1. The number of aromatic nitrogens is 3. The molecule has 1 aromatic carbocycles. The van der Waals surface area contributed by atoms with Gasteiger partial charge in [0.15, 0.2) is 11.6 Å². The Hall–Kier alpha value is -2.67. The molecule has 142 valence electrons. The summed E-state index contributed by atoms with van der Waals surface area (Å²) >= 11 is 5.91. The maximum Gasteiger partial charge on any atom is 0.316 e. The molecule has 0 saturated carbocycles. The molecule has 0 spiro atoms. The second kappa shape index (κ2) is 6.49. The monoisotopic (exact) mass is 388 g/mol. The summed E-state index contributed by atoms with van der Waals surface area (Å²) in [5.41, 5.74) is -0.644. The number of benzene rings is 1. The number of nitrogens with one attached hydrogen (secondary N) is 2. The molecule has 2 heterocycles. The molecule has 1 aromatic heterocycles. The van der Waals surface area contributed by atoms with Crippen LogP contribution in [-0.2, 0) is 14.3 Å². The SMILES string of the molecule is CC(C)(C)C(=O)OC1=C(c2nc(-c3ccc(Cl)cc3)n[nH]2)C(=O)NC1(C)C. The van der Waals surface area contributed by atoms with Crippen molar-refractivity contribution in [3.05, 3.63) is 40.9 Å². The highest BCUT2D eigenvalue weighted by atomic mass is 35.5. The minimum absolute atomic E-state index is 0.172. The molecule has 3 rings (SSSR count). The Balaban J connectivity index is 2.03. The van der Waals surface area contributed by atoms with Crippen LogP contribution in [0.15, 0.2) is 30.0 Å². The van der Waals surface area contributed by atoms with Crippen LogP contribution in [0.4, 0.5) is 0 Å². The van der Waals surface area contributed by atoms with E-state index in [1.807, 2.05) is 0 Å². The number of aromatic amines is 1. The number of hydrogen-bond donors (Lipinski definition) is 2. The largest absolute Gasteiger partial charge is 0.427 e. The van der Waals surface area contributed by atoms with Crippen molar-refractivity contribution in [2.75, 3.05) is 0 Å². The normalized spacial score (nSPS) is 16.4. The molecule has 0 fully saturated rings. The average molecular weight is 389 g/mol. The van der Waals surface area contributed by atoms with Gasteiger partial charge < -0.3 is 10.1 Å². The lowest BCUT2D eigenvalue weighted by molar-refractivity contribution is -0.149. The van der Waals surface area contributed by atoms with Crippen LogP contribution < -0.4 is 5.32 Å². The molecule has 1 amide bonds. The van der Waals surface area contributed by atoms with Crippen LogP contribution in [0.2, 0.25) is 5.02 Å². The van der Waals surface area contributed by atoms with Crippen molar-refractivity contribution in [1.82, 2.24) is 20.5 Å². The van der Waals surface area contributed by atoms with Crippen molar-refractivity contribution in [3.8, 4) is 11.4 Å². The van der Waals surface area contributed by atoms with Gasteiger partial charge in [0.2, 0.25) is 0 Å². The van der Waals surface area contributed by atoms with Crippen LogP contribution >= 0.6 is 11.6 Å². The fourth-order valence-electron chi connectivity index (χ4n) is 2.56. The Labute approximate surface area is 162 Å². The molecule has 0 saturated heterocycles. The quantitative estimate of drug-likeness (QED) is 0.786. The van der Waals surface area contributed by atoms with Crippen molar-refractivity contribution < 1.29 is 14.3 Å². The molecule has 0 unspecified atom stereocenters. The molecule has 0 atom stereocenters. The first kappa shape index (κ1) is 19.1. The Morgan fingerprint density at radius 2 is 1.81 bits per heavy atom. The standard InChI is InChI=1S/C19H21ClN4O3/c1-18(2,3)17(26)27-13-12(16(25)22-19(13,4)5)15-21-14(23-24-15)10-6-8-11(20)9-7-10/h6-9H,1-5H3,(H,22,25)(H,21,23,24). The van der Waals surface area contributed by atoms with E-state index in [4.69, 9.17) is 16.3 Å². The highest BCUT2D eigenvalue weighted by Crippen LogP contribution is 2.35. The number of amides is 1. The lowest BCUT2D eigenvalue weighted by Gasteiger charge is -2.25. The zero-order valence-electron chi connectivity index (χ0n) is 15.8. The van der Waals surface area contributed by atoms with Crippen molar-refractivity contribution in [2.24, 2.45) is 5.41 Å². The van der Waals surface area contributed by atoms with Crippen LogP contribution in [0.3, 0.4) is 0 Å². The van der Waals surface area contributed by atoms with Gasteiger partial charge in [0.05, 0.1) is 11.0 Å². The molecule has 27 heavy (non-hydrogen) atoms. The highest BCUT2D eigenvalue weighted by Gasteiger charge is 2.44. The van der Waals surface area contributed by atoms with Gasteiger partial charge in [0, 0.05) is 10.6 Å². The molecule has 1 aliphatic rings. The first-order chi connectivity index (χ1) is 12.5. The minimum atomic E-state index is -0.847. The summed E-state index contributed by atoms with van der Waals surface area (Å²) in [7, 11) is 0. The summed E-state index contributed by atoms with van der Waals surface area (Å²) in [6, 6.07) is 7.02. The molecular formula is C19H21ClN4O3. The lowest BCUT2D eigenvalue weighted by atomic mass is 9.96. The number of hydrogen-bond acceptors (Lipinski definition) is 5. The summed E-state index contributed by atoms with van der Waals surface area (Å²) in [6.07, 6.45) is 0. The van der Waals surface area contributed by atoms with Gasteiger partial charge in [-0.05, 0) is 58.9 Å². The maximum absolute atomic E-state index is 12.6. The van der Waals surface area contributed by atoms with E-state index in [9.17, 15) is 9.59 Å². The van der Waals surface area contributed by atoms with Gasteiger partial charge in [0.1, 0.15) is 11.3 Å². The van der Waals surface area contributed by atoms with Crippen molar-refractivity contribution in [1.29, 1.82) is 0 Å². The zero-order valence-corrected chi connectivity index (χ0v) is 16.6. The molecule has 2 aromatic rings. The van der Waals surface area contributed by atoms with E-state index in [1.54, 1.807) is 58.9 Å². The predicted molar refractivity (Wildman–Crippen MR) is 102 cm³/mol. The van der Waals surface area contributed by atoms with Crippen LogP contribution in [-0.4, -0.2) is 32.6 Å². The smallest absolute Gasteiger partial charge is 0.316 e. The van der Waals surface area contributed by atoms with Gasteiger partial charge in [-0.3, -0.25) is 14.7 Å². The molecule has 8 heteroatoms. The van der Waals surface area contributed by atoms with Gasteiger partial charge >= 0.3 is 5.97 Å². The lowest BCUT2D eigenvalue weighted by Crippen LogP contribution is -2.40. The number of rotatable bonds is 3. The van der Waals surface area contributed by atoms with E-state index < -0.39 is 16.9 Å². The average Bonchev–Trinajstić information content (AvgIpc) is 3.10. The van der Waals surface area contributed by atoms with E-state index in [2.05, 4.69) is 20.5 Å². The fraction of sp³-hybridized carbons (Fsp3) is 0.368. The minimum Gasteiger partial charge on any atom is -0.427 e. The summed E-state index contributed by atoms with van der Waals surface area (Å²) in [6.45, 7) is 8.78. The maximum atomic E-state index is 12.6. The number of nitrogens with zero attached hydrogens (tertiary/aromatic N) is 2. The summed E-state index contributed by atoms with van der Waals surface area (Å²) in [5.74, 6) is 0.0617. The highest BCUT2D eigenvalue weighted by molar-refractivity contribution is 6.30. The molecular weight excluding hydrogens is 368 g/mol. The summed E-state index contributed by atoms with van der Waals surface area (Å²) in [4.78, 5) is 29.4. The number of carbonyl (C=O) groups is 2. The Morgan fingerprint density at radius 3 is 2.41 bits per heavy atom. The third kappa shape index (κ3) is 3.73. The van der Waals surface area contributed by atoms with Crippen LogP contribution in [0, 0.1) is 5.41 Å². The van der Waals surface area contributed by atoms with Gasteiger partial charge in [0.25, 0.3) is 5.91 Å². The van der Waals surface area contributed by atoms with E-state index in [0.29, 0.717) is 10.8 Å². The van der Waals surface area contributed by atoms with E-state index in [0.717, 1.165) is 5.56 Å². The first-order valence-corrected chi connectivity index (χ1v) is 8.85. The van der Waals surface area contributed by atoms with E-state index >= 15 is 0 Å². The molecule has 7 nitrogen and oxygen atoms in total. The van der Waals surface area contributed by atoms with Crippen LogP contribution in [0.5, 0.6) is 0 Å². The third-order valence-corrected chi connectivity index (χ3v) is 4.33. The van der Waals surface area contributed by atoms with Gasteiger partial charge in [-0.1, -0.05) is 11.6 Å². The Kier molecular flexibility index (Phi) is 4.59. The predicted octanol–water partition coefficient (Wildman–Crippen LogP) is 3.33. The first-order valence-electron chi connectivity index (χ1n) is 8.47. The number of ether oxygens (including phenoxy) is 1. The van der Waals surface area contributed by atoms with Gasteiger partial charge in [-0.25, -0.2) is 4.98 Å². The van der Waals surface area contributed by atoms with Gasteiger partial charge in [-0.15, -0.1) is 0 Å². The summed E-state index contributed by atoms with van der Waals surface area (Å²) in [5, 5.41) is 10.4. The number of carbonyl (C=O) groups excluding carboxylic acids is 2. The number of halogens is 1. The molecule has 0 radical (unpaired) electrons. The Bertz CT molecular complexity index is 937. The zero-order chi connectivity index (χ0) is 20.0. The Morgan fingerprint density at radius 1 is 1.19 bits per heavy atom. The summed E-state index contributed by atoms with van der Waals surface area (Å²) < 4.78 is 5.61. The molecule has 0 aliphatic carbocycles. The third-order valence-electron chi connectivity index (χ3n) is 4.08. The van der Waals surface area contributed by atoms with Crippen LogP contribution in [0.25, 0.3) is 17.0 Å². The van der Waals surface area contributed by atoms with Gasteiger partial charge in [-0.2, -0.15) is 5.10 Å². The fourth-order valence-corrected chi connectivity index (χ4v) is 2.69. The second-order valence-corrected chi connectivity index (χ2v) is 8.37.